The molecule has 0 aliphatic carbocycles. The van der Waals surface area contributed by atoms with Gasteiger partial charge in [-0.3, -0.25) is 4.79 Å². The maximum absolute atomic E-state index is 12.1. The summed E-state index contributed by atoms with van der Waals surface area (Å²) in [7, 11) is 1.31. The Morgan fingerprint density at radius 2 is 1.96 bits per heavy atom. The minimum atomic E-state index is -0.475. The number of amides is 1. The van der Waals surface area contributed by atoms with Gasteiger partial charge in [0.2, 0.25) is 5.91 Å². The molecule has 0 radical (unpaired) electrons. The Hall–Kier alpha value is -1.82. The number of nitrogens with one attached hydrogen (secondary N) is 1. The molecular formula is C17H15Cl2NO3S. The fourth-order valence-electron chi connectivity index (χ4n) is 2.02. The number of carbonyl (C=O) groups is 2. The maximum Gasteiger partial charge on any atom is 0.341 e. The van der Waals surface area contributed by atoms with E-state index in [2.05, 4.69) is 5.32 Å². The molecule has 2 aromatic rings. The number of anilines is 1. The highest BCUT2D eigenvalue weighted by molar-refractivity contribution is 7.16. The van der Waals surface area contributed by atoms with E-state index in [1.165, 1.54) is 24.5 Å². The van der Waals surface area contributed by atoms with Crippen molar-refractivity contribution >= 4 is 57.5 Å². The minimum absolute atomic E-state index is 0.368. The summed E-state index contributed by atoms with van der Waals surface area (Å²) in [5.74, 6) is -0.843. The Balaban J connectivity index is 2.20. The van der Waals surface area contributed by atoms with Crippen LogP contribution in [0.3, 0.4) is 0 Å². The molecule has 0 bridgehead atoms. The average molecular weight is 384 g/mol. The van der Waals surface area contributed by atoms with Gasteiger partial charge in [0.1, 0.15) is 5.00 Å². The Bertz CT molecular complexity index is 827. The van der Waals surface area contributed by atoms with Crippen molar-refractivity contribution in [1.82, 2.24) is 0 Å². The van der Waals surface area contributed by atoms with Crippen LogP contribution in [0.2, 0.25) is 10.0 Å². The number of methoxy groups -OCH3 is 1. The number of aryl methyl sites for hydroxylation is 1. The molecule has 0 saturated heterocycles. The van der Waals surface area contributed by atoms with Crippen molar-refractivity contribution in [3.05, 3.63) is 55.9 Å². The third-order valence-electron chi connectivity index (χ3n) is 3.39. The molecule has 4 nitrogen and oxygen atoms in total. The number of benzene rings is 1. The molecular weight excluding hydrogens is 369 g/mol. The Morgan fingerprint density at radius 3 is 2.58 bits per heavy atom. The van der Waals surface area contributed by atoms with E-state index in [0.29, 0.717) is 26.2 Å². The molecule has 2 rings (SSSR count). The van der Waals surface area contributed by atoms with E-state index in [9.17, 15) is 9.59 Å². The standard InChI is InChI=1S/C17H15Cl2NO3S/c1-9-10(2)24-16(15(9)17(22)23-3)20-14(21)7-5-11-4-6-12(18)8-13(11)19/h4-8H,1-3H3,(H,20,21)/b7-5+. The second-order valence-electron chi connectivity index (χ2n) is 4.97. The smallest absolute Gasteiger partial charge is 0.341 e. The fraction of sp³-hybridized carbons (Fsp3) is 0.176. The highest BCUT2D eigenvalue weighted by Crippen LogP contribution is 2.33. The molecule has 0 aliphatic heterocycles. The summed E-state index contributed by atoms with van der Waals surface area (Å²) in [6, 6.07) is 5.00. The first-order valence-corrected chi connectivity index (χ1v) is 8.53. The summed E-state index contributed by atoms with van der Waals surface area (Å²) in [5.41, 5.74) is 1.85. The number of ether oxygens (including phenoxy) is 1. The molecule has 0 fully saturated rings. The van der Waals surface area contributed by atoms with Crippen LogP contribution in [-0.2, 0) is 9.53 Å². The van der Waals surface area contributed by atoms with Crippen LogP contribution >= 0.6 is 34.5 Å². The van der Waals surface area contributed by atoms with E-state index in [4.69, 9.17) is 27.9 Å². The van der Waals surface area contributed by atoms with Gasteiger partial charge in [0.25, 0.3) is 0 Å². The minimum Gasteiger partial charge on any atom is -0.465 e. The SMILES string of the molecule is COC(=O)c1c(NC(=O)/C=C/c2ccc(Cl)cc2Cl)sc(C)c1C. The molecule has 0 saturated carbocycles. The average Bonchev–Trinajstić information content (AvgIpc) is 2.80. The van der Waals surface area contributed by atoms with Gasteiger partial charge in [-0.05, 0) is 43.2 Å². The van der Waals surface area contributed by atoms with Crippen molar-refractivity contribution in [2.24, 2.45) is 0 Å². The summed E-state index contributed by atoms with van der Waals surface area (Å²) >= 11 is 13.2. The first kappa shape index (κ1) is 18.5. The molecule has 7 heteroatoms. The van der Waals surface area contributed by atoms with E-state index >= 15 is 0 Å². The Kier molecular flexibility index (Phi) is 6.04. The normalized spacial score (nSPS) is 10.9. The number of esters is 1. The summed E-state index contributed by atoms with van der Waals surface area (Å²) in [4.78, 5) is 25.0. The van der Waals surface area contributed by atoms with E-state index < -0.39 is 5.97 Å². The first-order chi connectivity index (χ1) is 11.3. The van der Waals surface area contributed by atoms with Crippen LogP contribution in [0.4, 0.5) is 5.00 Å². The highest BCUT2D eigenvalue weighted by atomic mass is 35.5. The van der Waals surface area contributed by atoms with Crippen molar-refractivity contribution in [3.63, 3.8) is 0 Å². The summed E-state index contributed by atoms with van der Waals surface area (Å²) in [5, 5.41) is 4.15. The lowest BCUT2D eigenvalue weighted by Crippen LogP contribution is -2.11. The predicted octanol–water partition coefficient (Wildman–Crippen LogP) is 5.11. The molecule has 1 N–H and O–H groups in total. The van der Waals surface area contributed by atoms with Crippen LogP contribution < -0.4 is 5.32 Å². The molecule has 1 amide bonds. The molecule has 1 aromatic carbocycles. The van der Waals surface area contributed by atoms with E-state index in [-0.39, 0.29) is 5.91 Å². The van der Waals surface area contributed by atoms with Gasteiger partial charge in [-0.1, -0.05) is 29.3 Å². The van der Waals surface area contributed by atoms with Gasteiger partial charge >= 0.3 is 5.97 Å². The number of hydrogen-bond donors (Lipinski definition) is 1. The summed E-state index contributed by atoms with van der Waals surface area (Å²) in [6.07, 6.45) is 2.93. The number of thiophene rings is 1. The zero-order valence-corrected chi connectivity index (χ0v) is 15.6. The van der Waals surface area contributed by atoms with E-state index in [0.717, 1.165) is 10.4 Å². The van der Waals surface area contributed by atoms with Crippen LogP contribution in [-0.4, -0.2) is 19.0 Å². The van der Waals surface area contributed by atoms with Crippen LogP contribution in [0.1, 0.15) is 26.4 Å². The molecule has 0 atom stereocenters. The summed E-state index contributed by atoms with van der Waals surface area (Å²) < 4.78 is 4.78. The molecule has 0 spiro atoms. The van der Waals surface area contributed by atoms with Gasteiger partial charge in [-0.15, -0.1) is 11.3 Å². The number of carbonyl (C=O) groups excluding carboxylic acids is 2. The van der Waals surface area contributed by atoms with Crippen molar-refractivity contribution in [2.45, 2.75) is 13.8 Å². The molecule has 0 unspecified atom stereocenters. The highest BCUT2D eigenvalue weighted by Gasteiger charge is 2.20. The number of hydrogen-bond acceptors (Lipinski definition) is 4. The quantitative estimate of drug-likeness (QED) is 0.589. The molecule has 0 aliphatic rings. The van der Waals surface area contributed by atoms with E-state index in [1.54, 1.807) is 24.3 Å². The molecule has 1 heterocycles. The van der Waals surface area contributed by atoms with Crippen molar-refractivity contribution in [3.8, 4) is 0 Å². The van der Waals surface area contributed by atoms with Gasteiger partial charge in [0, 0.05) is 21.0 Å². The predicted molar refractivity (Wildman–Crippen MR) is 99.3 cm³/mol. The summed E-state index contributed by atoms with van der Waals surface area (Å²) in [6.45, 7) is 3.70. The number of halogens is 2. The molecule has 1 aromatic heterocycles. The van der Waals surface area contributed by atoms with Crippen LogP contribution in [0.25, 0.3) is 6.08 Å². The van der Waals surface area contributed by atoms with Crippen molar-refractivity contribution in [2.75, 3.05) is 12.4 Å². The fourth-order valence-corrected chi connectivity index (χ4v) is 3.54. The van der Waals surface area contributed by atoms with Gasteiger partial charge in [0.05, 0.1) is 12.7 Å². The van der Waals surface area contributed by atoms with Gasteiger partial charge < -0.3 is 10.1 Å². The Morgan fingerprint density at radius 1 is 1.25 bits per heavy atom. The lowest BCUT2D eigenvalue weighted by atomic mass is 10.1. The van der Waals surface area contributed by atoms with E-state index in [1.807, 2.05) is 13.8 Å². The largest absolute Gasteiger partial charge is 0.465 e. The topological polar surface area (TPSA) is 55.4 Å². The lowest BCUT2D eigenvalue weighted by molar-refractivity contribution is -0.111. The second kappa shape index (κ2) is 7.83. The van der Waals surface area contributed by atoms with Crippen LogP contribution in [0.15, 0.2) is 24.3 Å². The van der Waals surface area contributed by atoms with Crippen molar-refractivity contribution < 1.29 is 14.3 Å². The monoisotopic (exact) mass is 383 g/mol. The van der Waals surface area contributed by atoms with Crippen molar-refractivity contribution in [1.29, 1.82) is 0 Å². The zero-order chi connectivity index (χ0) is 17.9. The van der Waals surface area contributed by atoms with Crippen LogP contribution in [0, 0.1) is 13.8 Å². The van der Waals surface area contributed by atoms with Gasteiger partial charge in [-0.25, -0.2) is 4.79 Å². The molecule has 24 heavy (non-hydrogen) atoms. The van der Waals surface area contributed by atoms with Crippen LogP contribution in [0.5, 0.6) is 0 Å². The Labute approximate surface area is 154 Å². The van der Waals surface area contributed by atoms with Gasteiger partial charge in [0.15, 0.2) is 0 Å². The third kappa shape index (κ3) is 4.17. The molecule has 126 valence electrons. The maximum atomic E-state index is 12.1. The first-order valence-electron chi connectivity index (χ1n) is 6.96. The zero-order valence-electron chi connectivity index (χ0n) is 13.3. The third-order valence-corrected chi connectivity index (χ3v) is 5.07. The van der Waals surface area contributed by atoms with Gasteiger partial charge in [-0.2, -0.15) is 0 Å². The number of rotatable bonds is 4. The second-order valence-corrected chi connectivity index (χ2v) is 7.04. The lowest BCUT2D eigenvalue weighted by Gasteiger charge is -2.04.